The van der Waals surface area contributed by atoms with Crippen molar-refractivity contribution in [2.24, 2.45) is 0 Å². The van der Waals surface area contributed by atoms with Gasteiger partial charge in [-0.15, -0.1) is 0 Å². The lowest BCUT2D eigenvalue weighted by atomic mass is 9.98. The molecule has 38 heavy (non-hydrogen) atoms. The monoisotopic (exact) mass is 540 g/mol. The van der Waals surface area contributed by atoms with Gasteiger partial charge in [-0.05, 0) is 52.9 Å². The minimum Gasteiger partial charge on any atom is -0.423 e. The van der Waals surface area contributed by atoms with Crippen LogP contribution in [0.1, 0.15) is 24.5 Å². The Morgan fingerprint density at radius 3 is 1.71 bits per heavy atom. The van der Waals surface area contributed by atoms with Crippen LogP contribution in [-0.2, 0) is 12.5 Å². The quantitative estimate of drug-likeness (QED) is 0.168. The van der Waals surface area contributed by atoms with Crippen molar-refractivity contribution in [3.8, 4) is 28.0 Å². The highest BCUT2D eigenvalue weighted by Crippen LogP contribution is 2.38. The van der Waals surface area contributed by atoms with E-state index < -0.39 is 58.1 Å². The maximum atomic E-state index is 14.6. The largest absolute Gasteiger partial charge is 0.427 e. The van der Waals surface area contributed by atoms with Crippen LogP contribution in [0.5, 0.6) is 5.75 Å². The molecule has 0 aliphatic heterocycles. The van der Waals surface area contributed by atoms with Gasteiger partial charge < -0.3 is 4.74 Å². The molecule has 4 aromatic rings. The van der Waals surface area contributed by atoms with Gasteiger partial charge in [0.05, 0.1) is 5.56 Å². The number of ether oxygens (including phenoxy) is 1. The van der Waals surface area contributed by atoms with Crippen molar-refractivity contribution in [1.29, 1.82) is 0 Å². The van der Waals surface area contributed by atoms with Crippen LogP contribution in [0.3, 0.4) is 0 Å². The zero-order valence-corrected chi connectivity index (χ0v) is 19.5. The van der Waals surface area contributed by atoms with E-state index in [0.29, 0.717) is 25.0 Å². The maximum Gasteiger partial charge on any atom is 0.427 e. The molecule has 0 spiro atoms. The second-order valence-corrected chi connectivity index (χ2v) is 8.37. The first kappa shape index (κ1) is 27.1. The van der Waals surface area contributed by atoms with Gasteiger partial charge in [-0.1, -0.05) is 49.7 Å². The predicted octanol–water partition coefficient (Wildman–Crippen LogP) is 9.08. The van der Waals surface area contributed by atoms with Gasteiger partial charge in [0.25, 0.3) is 0 Å². The van der Waals surface area contributed by atoms with Crippen LogP contribution >= 0.6 is 0 Å². The molecule has 198 valence electrons. The Kier molecular flexibility index (Phi) is 7.44. The third-order valence-corrected chi connectivity index (χ3v) is 5.76. The number of rotatable bonds is 7. The van der Waals surface area contributed by atoms with Crippen molar-refractivity contribution in [2.45, 2.75) is 25.9 Å². The molecule has 0 atom stereocenters. The van der Waals surface area contributed by atoms with E-state index in [1.54, 1.807) is 0 Å². The topological polar surface area (TPSA) is 9.23 Å². The van der Waals surface area contributed by atoms with Crippen LogP contribution in [-0.4, -0.2) is 0 Å². The maximum absolute atomic E-state index is 14.6. The first-order chi connectivity index (χ1) is 17.9. The second-order valence-electron chi connectivity index (χ2n) is 8.37. The van der Waals surface area contributed by atoms with E-state index in [9.17, 15) is 39.5 Å². The Morgan fingerprint density at radius 2 is 1.16 bits per heavy atom. The highest BCUT2D eigenvalue weighted by atomic mass is 19.3. The van der Waals surface area contributed by atoms with Crippen molar-refractivity contribution in [2.75, 3.05) is 0 Å². The number of benzene rings is 4. The van der Waals surface area contributed by atoms with E-state index in [2.05, 4.69) is 4.74 Å². The highest BCUT2D eigenvalue weighted by molar-refractivity contribution is 5.71. The van der Waals surface area contributed by atoms with Crippen molar-refractivity contribution >= 4 is 0 Å². The van der Waals surface area contributed by atoms with Crippen LogP contribution in [0.15, 0.2) is 60.7 Å². The molecule has 0 N–H and O–H groups in total. The Labute approximate surface area is 211 Å². The second kappa shape index (κ2) is 10.4. The third kappa shape index (κ3) is 5.20. The lowest BCUT2D eigenvalue weighted by Gasteiger charge is -2.20. The third-order valence-electron chi connectivity index (χ3n) is 5.76. The molecule has 10 heteroatoms. The summed E-state index contributed by atoms with van der Waals surface area (Å²) in [5.41, 5.74) is -0.905. The highest BCUT2D eigenvalue weighted by Gasteiger charge is 2.38. The van der Waals surface area contributed by atoms with Crippen LogP contribution < -0.4 is 4.74 Å². The van der Waals surface area contributed by atoms with Gasteiger partial charge in [0.2, 0.25) is 0 Å². The molecule has 0 unspecified atom stereocenters. The molecule has 0 saturated heterocycles. The normalized spacial score (nSPS) is 11.6. The first-order valence-electron chi connectivity index (χ1n) is 11.2. The number of hydrogen-bond donors (Lipinski definition) is 0. The lowest BCUT2D eigenvalue weighted by Crippen LogP contribution is -2.24. The summed E-state index contributed by atoms with van der Waals surface area (Å²) < 4.78 is 131. The van der Waals surface area contributed by atoms with Gasteiger partial charge in [0.1, 0.15) is 0 Å². The summed E-state index contributed by atoms with van der Waals surface area (Å²) in [4.78, 5) is 0. The summed E-state index contributed by atoms with van der Waals surface area (Å²) in [6.45, 7) is 1.83. The van der Waals surface area contributed by atoms with E-state index in [0.717, 1.165) is 0 Å². The molecule has 0 aliphatic carbocycles. The summed E-state index contributed by atoms with van der Waals surface area (Å²) in [6, 6.07) is 9.62. The fourth-order valence-electron chi connectivity index (χ4n) is 3.85. The van der Waals surface area contributed by atoms with E-state index in [-0.39, 0.29) is 39.9 Å². The Hall–Kier alpha value is -3.95. The molecule has 0 saturated carbocycles. The number of alkyl halides is 2. The minimum absolute atomic E-state index is 0.0223. The molecule has 0 aliphatic rings. The molecule has 0 fully saturated rings. The Balaban J connectivity index is 1.61. The van der Waals surface area contributed by atoms with E-state index in [4.69, 9.17) is 0 Å². The average molecular weight is 540 g/mol. The molecule has 0 heterocycles. The fourth-order valence-corrected chi connectivity index (χ4v) is 3.85. The number of aryl methyl sites for hydroxylation is 1. The van der Waals surface area contributed by atoms with Gasteiger partial charge in [-0.25, -0.2) is 30.7 Å². The smallest absolute Gasteiger partial charge is 0.423 e. The zero-order chi connectivity index (χ0) is 27.8. The Bertz CT molecular complexity index is 1450. The van der Waals surface area contributed by atoms with Gasteiger partial charge >= 0.3 is 6.11 Å². The fraction of sp³-hybridized carbons (Fsp3) is 0.143. The van der Waals surface area contributed by atoms with Gasteiger partial charge in [0.15, 0.2) is 46.5 Å². The molecule has 0 amide bonds. The van der Waals surface area contributed by atoms with Crippen molar-refractivity contribution in [3.63, 3.8) is 0 Å². The van der Waals surface area contributed by atoms with Gasteiger partial charge in [0, 0.05) is 5.56 Å². The number of hydrogen-bond acceptors (Lipinski definition) is 1. The molecule has 0 bridgehead atoms. The summed E-state index contributed by atoms with van der Waals surface area (Å²) >= 11 is 0. The minimum atomic E-state index is -4.62. The predicted molar refractivity (Wildman–Crippen MR) is 122 cm³/mol. The standard InChI is InChI=1S/C28H17F9O/c1-2-3-16-8-9-19(25(34)24(16)33)15-6-4-14(5-7-15)17-10-22(31)27(23(32)11-17)38-28(36,37)18-12-20(29)26(35)21(30)13-18/h4-13H,2-3H2,1H3. The zero-order valence-electron chi connectivity index (χ0n) is 19.5. The van der Waals surface area contributed by atoms with E-state index in [1.165, 1.54) is 36.4 Å². The summed E-state index contributed by atoms with van der Waals surface area (Å²) in [5, 5.41) is 0. The van der Waals surface area contributed by atoms with Crippen molar-refractivity contribution in [3.05, 3.63) is 113 Å². The van der Waals surface area contributed by atoms with Crippen LogP contribution in [0, 0.1) is 40.7 Å². The van der Waals surface area contributed by atoms with E-state index in [1.807, 2.05) is 6.92 Å². The summed E-state index contributed by atoms with van der Waals surface area (Å²) in [5.74, 6) is -12.5. The Morgan fingerprint density at radius 1 is 0.605 bits per heavy atom. The van der Waals surface area contributed by atoms with Crippen LogP contribution in [0.25, 0.3) is 22.3 Å². The van der Waals surface area contributed by atoms with Gasteiger partial charge in [-0.3, -0.25) is 0 Å². The van der Waals surface area contributed by atoms with Crippen molar-refractivity contribution < 1.29 is 44.3 Å². The first-order valence-corrected chi connectivity index (χ1v) is 11.2. The molecule has 0 radical (unpaired) electrons. The van der Waals surface area contributed by atoms with Gasteiger partial charge in [-0.2, -0.15) is 8.78 Å². The molecule has 4 rings (SSSR count). The van der Waals surface area contributed by atoms with Crippen molar-refractivity contribution in [1.82, 2.24) is 0 Å². The van der Waals surface area contributed by atoms with Crippen LogP contribution in [0.4, 0.5) is 39.5 Å². The summed E-state index contributed by atoms with van der Waals surface area (Å²) in [7, 11) is 0. The molecular weight excluding hydrogens is 523 g/mol. The molecule has 1 nitrogen and oxygen atoms in total. The lowest BCUT2D eigenvalue weighted by molar-refractivity contribution is -0.188. The SMILES string of the molecule is CCCc1ccc(-c2ccc(-c3cc(F)c(OC(F)(F)c4cc(F)c(F)c(F)c4)c(F)c3)cc2)c(F)c1F. The van der Waals surface area contributed by atoms with E-state index >= 15 is 0 Å². The summed E-state index contributed by atoms with van der Waals surface area (Å²) in [6.07, 6.45) is -3.63. The average Bonchev–Trinajstić information content (AvgIpc) is 2.87. The molecule has 4 aromatic carbocycles. The molecular formula is C28H17F9O. The number of halogens is 9. The van der Waals surface area contributed by atoms with Crippen LogP contribution in [0.2, 0.25) is 0 Å². The molecule has 0 aromatic heterocycles.